The molecule has 3 rings (SSSR count). The number of nitrogen functional groups attached to an aromatic ring is 1. The lowest BCUT2D eigenvalue weighted by Gasteiger charge is -2.16. The summed E-state index contributed by atoms with van der Waals surface area (Å²) in [5, 5.41) is 9.70. The Kier molecular flexibility index (Phi) is 6.28. The minimum Gasteiger partial charge on any atom is -0.494 e. The highest BCUT2D eigenvalue weighted by molar-refractivity contribution is 5.82. The Bertz CT molecular complexity index is 1060. The number of rotatable bonds is 7. The number of ether oxygens (including phenoxy) is 4. The van der Waals surface area contributed by atoms with Gasteiger partial charge in [-0.25, -0.2) is 4.98 Å². The fourth-order valence-electron chi connectivity index (χ4n) is 3.18. The number of nitrogens with two attached hydrogens (primary N) is 1. The fraction of sp³-hybridized carbons (Fsp3) is 0.217. The molecule has 0 aliphatic rings. The molecule has 0 unspecified atom stereocenters. The standard InChI is InChI=1S/C23H23N3O4/c1-5-30-16-8-6-14(7-9-16)19-12-17(18(13-24)23(25)26-19)15-10-20(27-2)22(29-4)21(11-15)28-3/h6-12H,5H2,1-4H3,(H2,25,26). The van der Waals surface area contributed by atoms with E-state index in [0.717, 1.165) is 11.3 Å². The molecule has 1 heterocycles. The van der Waals surface area contributed by atoms with E-state index in [1.807, 2.05) is 37.3 Å². The van der Waals surface area contributed by atoms with Gasteiger partial charge in [0.25, 0.3) is 0 Å². The average molecular weight is 405 g/mol. The molecule has 0 bridgehead atoms. The highest BCUT2D eigenvalue weighted by Gasteiger charge is 2.19. The number of hydrogen-bond donors (Lipinski definition) is 1. The van der Waals surface area contributed by atoms with Crippen LogP contribution < -0.4 is 24.7 Å². The van der Waals surface area contributed by atoms with Crippen molar-refractivity contribution in [1.29, 1.82) is 5.26 Å². The molecule has 0 radical (unpaired) electrons. The number of benzene rings is 2. The van der Waals surface area contributed by atoms with E-state index in [1.165, 1.54) is 7.11 Å². The number of aromatic nitrogens is 1. The lowest BCUT2D eigenvalue weighted by Crippen LogP contribution is -2.01. The van der Waals surface area contributed by atoms with Gasteiger partial charge in [0.05, 0.1) is 33.6 Å². The summed E-state index contributed by atoms with van der Waals surface area (Å²) in [5.41, 5.74) is 9.22. The average Bonchev–Trinajstić information content (AvgIpc) is 2.78. The van der Waals surface area contributed by atoms with Crippen LogP contribution in [-0.2, 0) is 0 Å². The van der Waals surface area contributed by atoms with Crippen LogP contribution in [-0.4, -0.2) is 32.9 Å². The molecule has 0 saturated heterocycles. The van der Waals surface area contributed by atoms with E-state index in [1.54, 1.807) is 26.4 Å². The molecule has 0 spiro atoms. The van der Waals surface area contributed by atoms with Gasteiger partial charge in [-0.1, -0.05) is 0 Å². The Morgan fingerprint density at radius 3 is 2.07 bits per heavy atom. The molecule has 0 atom stereocenters. The Morgan fingerprint density at radius 1 is 0.933 bits per heavy atom. The predicted molar refractivity (Wildman–Crippen MR) is 115 cm³/mol. The lowest BCUT2D eigenvalue weighted by atomic mass is 9.97. The first kappa shape index (κ1) is 20.8. The largest absolute Gasteiger partial charge is 0.494 e. The Labute approximate surface area is 175 Å². The highest BCUT2D eigenvalue weighted by atomic mass is 16.5. The van der Waals surface area contributed by atoms with E-state index in [-0.39, 0.29) is 11.4 Å². The molecular weight excluding hydrogens is 382 g/mol. The van der Waals surface area contributed by atoms with Crippen molar-refractivity contribution in [1.82, 2.24) is 4.98 Å². The number of methoxy groups -OCH3 is 3. The van der Waals surface area contributed by atoms with Crippen molar-refractivity contribution in [3.63, 3.8) is 0 Å². The van der Waals surface area contributed by atoms with Gasteiger partial charge >= 0.3 is 0 Å². The summed E-state index contributed by atoms with van der Waals surface area (Å²) in [6, 6.07) is 15.1. The van der Waals surface area contributed by atoms with Crippen molar-refractivity contribution < 1.29 is 18.9 Å². The van der Waals surface area contributed by atoms with Crippen molar-refractivity contribution in [3.05, 3.63) is 48.0 Å². The minimum atomic E-state index is 0.146. The maximum atomic E-state index is 9.70. The van der Waals surface area contributed by atoms with Gasteiger partial charge in [-0.3, -0.25) is 0 Å². The fourth-order valence-corrected chi connectivity index (χ4v) is 3.18. The maximum absolute atomic E-state index is 9.70. The zero-order valence-electron chi connectivity index (χ0n) is 17.4. The second-order valence-electron chi connectivity index (χ2n) is 6.30. The van der Waals surface area contributed by atoms with Crippen molar-refractivity contribution >= 4 is 5.82 Å². The van der Waals surface area contributed by atoms with Crippen LogP contribution >= 0.6 is 0 Å². The first-order chi connectivity index (χ1) is 14.6. The lowest BCUT2D eigenvalue weighted by molar-refractivity contribution is 0.324. The summed E-state index contributed by atoms with van der Waals surface area (Å²) in [7, 11) is 4.62. The second-order valence-corrected chi connectivity index (χ2v) is 6.30. The molecule has 7 nitrogen and oxygen atoms in total. The minimum absolute atomic E-state index is 0.146. The summed E-state index contributed by atoms with van der Waals surface area (Å²) in [4.78, 5) is 4.42. The quantitative estimate of drug-likeness (QED) is 0.626. The molecule has 0 saturated carbocycles. The number of nitriles is 1. The van der Waals surface area contributed by atoms with E-state index in [9.17, 15) is 5.26 Å². The predicted octanol–water partition coefficient (Wildman–Crippen LogP) is 4.29. The van der Waals surface area contributed by atoms with Crippen molar-refractivity contribution in [3.8, 4) is 51.5 Å². The first-order valence-electron chi connectivity index (χ1n) is 9.30. The van der Waals surface area contributed by atoms with Crippen molar-refractivity contribution in [2.24, 2.45) is 0 Å². The maximum Gasteiger partial charge on any atom is 0.203 e. The van der Waals surface area contributed by atoms with Crippen LogP contribution in [0.4, 0.5) is 5.82 Å². The van der Waals surface area contributed by atoms with Crippen LogP contribution in [0.1, 0.15) is 12.5 Å². The van der Waals surface area contributed by atoms with Gasteiger partial charge < -0.3 is 24.7 Å². The Morgan fingerprint density at radius 2 is 1.57 bits per heavy atom. The van der Waals surface area contributed by atoms with Crippen molar-refractivity contribution in [2.45, 2.75) is 6.92 Å². The van der Waals surface area contributed by atoms with Crippen LogP contribution in [0.5, 0.6) is 23.0 Å². The molecule has 2 aromatic carbocycles. The van der Waals surface area contributed by atoms with Crippen LogP contribution in [0.25, 0.3) is 22.4 Å². The summed E-state index contributed by atoms with van der Waals surface area (Å²) < 4.78 is 21.8. The van der Waals surface area contributed by atoms with E-state index in [4.69, 9.17) is 24.7 Å². The smallest absolute Gasteiger partial charge is 0.203 e. The topological polar surface area (TPSA) is 99.6 Å². The van der Waals surface area contributed by atoms with Crippen LogP contribution in [0.15, 0.2) is 42.5 Å². The normalized spacial score (nSPS) is 10.2. The van der Waals surface area contributed by atoms with E-state index in [2.05, 4.69) is 11.1 Å². The molecule has 0 aliphatic heterocycles. The van der Waals surface area contributed by atoms with Gasteiger partial charge in [0.2, 0.25) is 5.75 Å². The molecule has 0 amide bonds. The number of pyridine rings is 1. The summed E-state index contributed by atoms with van der Waals surface area (Å²) >= 11 is 0. The molecule has 7 heteroatoms. The third-order valence-electron chi connectivity index (χ3n) is 4.60. The van der Waals surface area contributed by atoms with E-state index >= 15 is 0 Å². The number of anilines is 1. The van der Waals surface area contributed by atoms with Crippen LogP contribution in [0.3, 0.4) is 0 Å². The second kappa shape index (κ2) is 9.05. The zero-order valence-corrected chi connectivity index (χ0v) is 17.4. The molecule has 154 valence electrons. The Hall–Kier alpha value is -3.92. The monoisotopic (exact) mass is 405 g/mol. The third kappa shape index (κ3) is 3.94. The van der Waals surface area contributed by atoms with Crippen LogP contribution in [0.2, 0.25) is 0 Å². The van der Waals surface area contributed by atoms with Gasteiger partial charge in [-0.05, 0) is 55.0 Å². The Balaban J connectivity index is 2.19. The van der Waals surface area contributed by atoms with E-state index < -0.39 is 0 Å². The first-order valence-corrected chi connectivity index (χ1v) is 9.30. The SMILES string of the molecule is CCOc1ccc(-c2cc(-c3cc(OC)c(OC)c(OC)c3)c(C#N)c(N)n2)cc1. The van der Waals surface area contributed by atoms with Gasteiger partial charge in [0, 0.05) is 11.1 Å². The molecule has 30 heavy (non-hydrogen) atoms. The molecular formula is C23H23N3O4. The zero-order chi connectivity index (χ0) is 21.7. The summed E-state index contributed by atoms with van der Waals surface area (Å²) in [6.07, 6.45) is 0. The van der Waals surface area contributed by atoms with Gasteiger partial charge in [-0.2, -0.15) is 5.26 Å². The van der Waals surface area contributed by atoms with Crippen LogP contribution in [0, 0.1) is 11.3 Å². The molecule has 2 N–H and O–H groups in total. The molecule has 3 aromatic rings. The molecule has 0 aliphatic carbocycles. The number of nitrogens with zero attached hydrogens (tertiary/aromatic N) is 2. The van der Waals surface area contributed by atoms with Gasteiger partial charge in [0.15, 0.2) is 11.5 Å². The summed E-state index contributed by atoms with van der Waals surface area (Å²) in [6.45, 7) is 2.52. The van der Waals surface area contributed by atoms with E-state index in [0.29, 0.717) is 40.7 Å². The summed E-state index contributed by atoms with van der Waals surface area (Å²) in [5.74, 6) is 2.35. The highest BCUT2D eigenvalue weighted by Crippen LogP contribution is 2.43. The molecule has 0 fully saturated rings. The van der Waals surface area contributed by atoms with Gasteiger partial charge in [0.1, 0.15) is 23.2 Å². The number of hydrogen-bond acceptors (Lipinski definition) is 7. The third-order valence-corrected chi connectivity index (χ3v) is 4.60. The van der Waals surface area contributed by atoms with Gasteiger partial charge in [-0.15, -0.1) is 0 Å². The molecule has 1 aromatic heterocycles. The van der Waals surface area contributed by atoms with Crippen molar-refractivity contribution in [2.75, 3.05) is 33.7 Å².